The second-order valence-corrected chi connectivity index (χ2v) is 5.90. The highest BCUT2D eigenvalue weighted by Gasteiger charge is 2.34. The molecule has 1 aliphatic carbocycles. The van der Waals surface area contributed by atoms with Crippen molar-refractivity contribution in [3.05, 3.63) is 0 Å². The molecule has 17 heavy (non-hydrogen) atoms. The van der Waals surface area contributed by atoms with Crippen LogP contribution < -0.4 is 10.6 Å². The van der Waals surface area contributed by atoms with Crippen LogP contribution in [0.2, 0.25) is 0 Å². The molecule has 0 amide bonds. The molecule has 0 aromatic rings. The van der Waals surface area contributed by atoms with Gasteiger partial charge in [0.2, 0.25) is 0 Å². The second-order valence-electron chi connectivity index (χ2n) is 5.90. The Morgan fingerprint density at radius 2 is 2.29 bits per heavy atom. The molecule has 0 spiro atoms. The van der Waals surface area contributed by atoms with E-state index in [9.17, 15) is 4.79 Å². The zero-order valence-electron chi connectivity index (χ0n) is 11.2. The maximum absolute atomic E-state index is 12.2. The Labute approximate surface area is 105 Å². The third kappa shape index (κ3) is 2.89. The fourth-order valence-electron chi connectivity index (χ4n) is 3.35. The first-order chi connectivity index (χ1) is 8.17. The molecule has 1 heterocycles. The Morgan fingerprint density at radius 3 is 2.82 bits per heavy atom. The highest BCUT2D eigenvalue weighted by molar-refractivity contribution is 5.83. The predicted octanol–water partition coefficient (Wildman–Crippen LogP) is 1.72. The number of nitrogens with one attached hydrogen (secondary N) is 2. The van der Waals surface area contributed by atoms with Crippen LogP contribution in [0, 0.1) is 11.8 Å². The topological polar surface area (TPSA) is 41.1 Å². The van der Waals surface area contributed by atoms with E-state index in [1.807, 2.05) is 0 Å². The number of hydrogen-bond acceptors (Lipinski definition) is 3. The van der Waals surface area contributed by atoms with Gasteiger partial charge in [0.1, 0.15) is 5.78 Å². The number of carbonyl (C=O) groups excluding carboxylic acids is 1. The molecule has 0 bridgehead atoms. The van der Waals surface area contributed by atoms with Crippen LogP contribution in [-0.2, 0) is 4.79 Å². The van der Waals surface area contributed by atoms with Gasteiger partial charge in [-0.25, -0.2) is 0 Å². The van der Waals surface area contributed by atoms with E-state index in [1.165, 1.54) is 12.8 Å². The number of rotatable bonds is 5. The minimum Gasteiger partial charge on any atom is -0.315 e. The van der Waals surface area contributed by atoms with Crippen molar-refractivity contribution in [3.8, 4) is 0 Å². The van der Waals surface area contributed by atoms with E-state index >= 15 is 0 Å². The van der Waals surface area contributed by atoms with Gasteiger partial charge in [-0.05, 0) is 38.1 Å². The van der Waals surface area contributed by atoms with Crippen molar-refractivity contribution in [1.29, 1.82) is 0 Å². The third-order valence-corrected chi connectivity index (χ3v) is 4.83. The van der Waals surface area contributed by atoms with Crippen LogP contribution in [0.4, 0.5) is 0 Å². The molecule has 2 N–H and O–H groups in total. The van der Waals surface area contributed by atoms with E-state index in [-0.39, 0.29) is 5.54 Å². The summed E-state index contributed by atoms with van der Waals surface area (Å²) in [4.78, 5) is 12.2. The van der Waals surface area contributed by atoms with Crippen molar-refractivity contribution >= 4 is 5.78 Å². The SMILES string of the molecule is CC[C@]1(NCC(=O)C2CCC[C@H]2C)CCNC1. The van der Waals surface area contributed by atoms with Crippen LogP contribution in [-0.4, -0.2) is 31.0 Å². The normalized spacial score (nSPS) is 37.5. The highest BCUT2D eigenvalue weighted by Crippen LogP contribution is 2.31. The van der Waals surface area contributed by atoms with Gasteiger partial charge in [0.25, 0.3) is 0 Å². The lowest BCUT2D eigenvalue weighted by atomic mass is 9.91. The smallest absolute Gasteiger partial charge is 0.149 e. The predicted molar refractivity (Wildman–Crippen MR) is 70.0 cm³/mol. The first-order valence-corrected chi connectivity index (χ1v) is 7.15. The number of ketones is 1. The summed E-state index contributed by atoms with van der Waals surface area (Å²) in [7, 11) is 0. The molecule has 98 valence electrons. The van der Waals surface area contributed by atoms with Gasteiger partial charge in [-0.3, -0.25) is 4.79 Å². The molecule has 0 aromatic carbocycles. The fraction of sp³-hybridized carbons (Fsp3) is 0.929. The maximum atomic E-state index is 12.2. The van der Waals surface area contributed by atoms with Crippen molar-refractivity contribution in [1.82, 2.24) is 10.6 Å². The van der Waals surface area contributed by atoms with Gasteiger partial charge in [-0.2, -0.15) is 0 Å². The van der Waals surface area contributed by atoms with Crippen LogP contribution in [0.3, 0.4) is 0 Å². The molecular formula is C14H26N2O. The molecule has 0 radical (unpaired) electrons. The van der Waals surface area contributed by atoms with Gasteiger partial charge in [-0.1, -0.05) is 20.3 Å². The van der Waals surface area contributed by atoms with Gasteiger partial charge in [0.05, 0.1) is 6.54 Å². The van der Waals surface area contributed by atoms with E-state index < -0.39 is 0 Å². The van der Waals surface area contributed by atoms with Crippen molar-refractivity contribution < 1.29 is 4.79 Å². The summed E-state index contributed by atoms with van der Waals surface area (Å²) < 4.78 is 0. The van der Waals surface area contributed by atoms with E-state index in [0.717, 1.165) is 32.4 Å². The lowest BCUT2D eigenvalue weighted by Gasteiger charge is -2.29. The Balaban J connectivity index is 1.82. The van der Waals surface area contributed by atoms with Crippen molar-refractivity contribution in [2.45, 2.75) is 51.5 Å². The Kier molecular flexibility index (Phi) is 4.21. The minimum absolute atomic E-state index is 0.178. The summed E-state index contributed by atoms with van der Waals surface area (Å²) in [6.07, 6.45) is 5.83. The van der Waals surface area contributed by atoms with E-state index in [2.05, 4.69) is 24.5 Å². The lowest BCUT2D eigenvalue weighted by Crippen LogP contribution is -2.49. The average Bonchev–Trinajstić information content (AvgIpc) is 2.95. The second kappa shape index (κ2) is 5.49. The summed E-state index contributed by atoms with van der Waals surface area (Å²) in [6, 6.07) is 0. The monoisotopic (exact) mass is 238 g/mol. The first kappa shape index (κ1) is 13.0. The molecule has 0 aromatic heterocycles. The summed E-state index contributed by atoms with van der Waals surface area (Å²) in [5.41, 5.74) is 0.178. The van der Waals surface area contributed by atoms with E-state index in [4.69, 9.17) is 0 Å². The summed E-state index contributed by atoms with van der Waals surface area (Å²) in [5, 5.41) is 6.92. The van der Waals surface area contributed by atoms with Crippen LogP contribution in [0.5, 0.6) is 0 Å². The molecule has 2 fully saturated rings. The lowest BCUT2D eigenvalue weighted by molar-refractivity contribution is -0.123. The minimum atomic E-state index is 0.178. The van der Waals surface area contributed by atoms with E-state index in [1.54, 1.807) is 0 Å². The summed E-state index contributed by atoms with van der Waals surface area (Å²) in [5.74, 6) is 1.36. The summed E-state index contributed by atoms with van der Waals surface area (Å²) >= 11 is 0. The van der Waals surface area contributed by atoms with E-state index in [0.29, 0.717) is 24.2 Å². The molecule has 2 aliphatic rings. The molecule has 1 aliphatic heterocycles. The molecule has 1 saturated heterocycles. The molecule has 3 nitrogen and oxygen atoms in total. The molecular weight excluding hydrogens is 212 g/mol. The zero-order chi connectivity index (χ0) is 12.3. The quantitative estimate of drug-likeness (QED) is 0.766. The number of Topliss-reactive ketones (excluding diaryl/α,β-unsaturated/α-hetero) is 1. The fourth-order valence-corrected chi connectivity index (χ4v) is 3.35. The third-order valence-electron chi connectivity index (χ3n) is 4.83. The molecule has 3 heteroatoms. The maximum Gasteiger partial charge on any atom is 0.149 e. The average molecular weight is 238 g/mol. The first-order valence-electron chi connectivity index (χ1n) is 7.15. The van der Waals surface area contributed by atoms with Crippen LogP contribution >= 0.6 is 0 Å². The van der Waals surface area contributed by atoms with Gasteiger partial charge in [-0.15, -0.1) is 0 Å². The van der Waals surface area contributed by atoms with Crippen molar-refractivity contribution in [2.75, 3.05) is 19.6 Å². The standard InChI is InChI=1S/C14H26N2O/c1-3-14(7-8-15-10-14)16-9-13(17)12-6-4-5-11(12)2/h11-12,15-16H,3-10H2,1-2H3/t11-,12?,14+/m1/s1. The van der Waals surface area contributed by atoms with Gasteiger partial charge < -0.3 is 10.6 Å². The number of carbonyl (C=O) groups is 1. The largest absolute Gasteiger partial charge is 0.315 e. The van der Waals surface area contributed by atoms with Crippen molar-refractivity contribution in [3.63, 3.8) is 0 Å². The number of hydrogen-bond donors (Lipinski definition) is 2. The van der Waals surface area contributed by atoms with Gasteiger partial charge in [0, 0.05) is 18.0 Å². The summed E-state index contributed by atoms with van der Waals surface area (Å²) in [6.45, 7) is 7.10. The highest BCUT2D eigenvalue weighted by atomic mass is 16.1. The molecule has 1 saturated carbocycles. The Hall–Kier alpha value is -0.410. The van der Waals surface area contributed by atoms with Crippen LogP contribution in [0.15, 0.2) is 0 Å². The molecule has 1 unspecified atom stereocenters. The zero-order valence-corrected chi connectivity index (χ0v) is 11.2. The van der Waals surface area contributed by atoms with Crippen LogP contribution in [0.1, 0.15) is 46.0 Å². The van der Waals surface area contributed by atoms with Crippen molar-refractivity contribution in [2.24, 2.45) is 11.8 Å². The van der Waals surface area contributed by atoms with Crippen LogP contribution in [0.25, 0.3) is 0 Å². The van der Waals surface area contributed by atoms with Gasteiger partial charge >= 0.3 is 0 Å². The molecule has 2 rings (SSSR count). The van der Waals surface area contributed by atoms with Gasteiger partial charge in [0.15, 0.2) is 0 Å². The molecule has 3 atom stereocenters. The Bertz CT molecular complexity index is 271. The Morgan fingerprint density at radius 1 is 1.47 bits per heavy atom.